The predicted octanol–water partition coefficient (Wildman–Crippen LogP) is 3.09. The number of rotatable bonds is 6. The van der Waals surface area contributed by atoms with E-state index in [1.54, 1.807) is 12.1 Å². The lowest BCUT2D eigenvalue weighted by Gasteiger charge is -2.36. The van der Waals surface area contributed by atoms with Crippen molar-refractivity contribution in [2.45, 2.75) is 19.3 Å². The Balaban J connectivity index is 1.25. The van der Waals surface area contributed by atoms with E-state index in [9.17, 15) is 14.9 Å². The number of hydrogen-bond acceptors (Lipinski definition) is 5. The number of nitro benzene ring substituents is 1. The predicted molar refractivity (Wildman–Crippen MR) is 113 cm³/mol. The highest BCUT2D eigenvalue weighted by atomic mass is 16.6. The van der Waals surface area contributed by atoms with Crippen molar-refractivity contribution in [3.8, 4) is 0 Å². The molecule has 0 unspecified atom stereocenters. The Kier molecular flexibility index (Phi) is 5.76. The van der Waals surface area contributed by atoms with Crippen LogP contribution in [0.3, 0.4) is 0 Å². The van der Waals surface area contributed by atoms with E-state index < -0.39 is 0 Å². The van der Waals surface area contributed by atoms with Crippen molar-refractivity contribution in [1.82, 2.24) is 4.90 Å². The van der Waals surface area contributed by atoms with Crippen molar-refractivity contribution in [2.75, 3.05) is 49.1 Å². The van der Waals surface area contributed by atoms with Gasteiger partial charge in [0.15, 0.2) is 0 Å². The van der Waals surface area contributed by atoms with E-state index in [1.807, 2.05) is 29.2 Å². The van der Waals surface area contributed by atoms with E-state index in [4.69, 9.17) is 0 Å². The summed E-state index contributed by atoms with van der Waals surface area (Å²) in [5.41, 5.74) is 3.50. The molecule has 7 heteroatoms. The number of benzene rings is 2. The van der Waals surface area contributed by atoms with Gasteiger partial charge in [-0.05, 0) is 43.1 Å². The fourth-order valence-corrected chi connectivity index (χ4v) is 4.21. The quantitative estimate of drug-likeness (QED) is 0.556. The van der Waals surface area contributed by atoms with E-state index >= 15 is 0 Å². The SMILES string of the molecule is O=C1CCc2ccccc2N1CCCN1CCN(c2ccc([N+](=O)[O-])cc2)CC1. The maximum atomic E-state index is 12.4. The third kappa shape index (κ3) is 4.40. The lowest BCUT2D eigenvalue weighted by Crippen LogP contribution is -2.47. The number of carbonyl (C=O) groups excluding carboxylic acids is 1. The Morgan fingerprint density at radius 3 is 2.34 bits per heavy atom. The molecule has 2 aliphatic heterocycles. The topological polar surface area (TPSA) is 69.9 Å². The molecule has 2 aromatic carbocycles. The summed E-state index contributed by atoms with van der Waals surface area (Å²) < 4.78 is 0. The van der Waals surface area contributed by atoms with Crippen LogP contribution in [-0.2, 0) is 11.2 Å². The summed E-state index contributed by atoms with van der Waals surface area (Å²) in [4.78, 5) is 29.4. The molecule has 0 N–H and O–H groups in total. The molecule has 1 amide bonds. The van der Waals surface area contributed by atoms with Gasteiger partial charge in [-0.1, -0.05) is 18.2 Å². The van der Waals surface area contributed by atoms with E-state index in [0.717, 1.165) is 63.5 Å². The van der Waals surface area contributed by atoms with E-state index in [1.165, 1.54) is 5.56 Å². The van der Waals surface area contributed by atoms with Gasteiger partial charge in [-0.3, -0.25) is 19.8 Å². The van der Waals surface area contributed by atoms with Crippen LogP contribution in [0, 0.1) is 10.1 Å². The fourth-order valence-electron chi connectivity index (χ4n) is 4.21. The van der Waals surface area contributed by atoms with E-state index in [0.29, 0.717) is 6.42 Å². The van der Waals surface area contributed by atoms with E-state index in [-0.39, 0.29) is 16.5 Å². The van der Waals surface area contributed by atoms with Crippen LogP contribution in [0.15, 0.2) is 48.5 Å². The molecule has 0 atom stereocenters. The van der Waals surface area contributed by atoms with Crippen molar-refractivity contribution < 1.29 is 9.72 Å². The Labute approximate surface area is 170 Å². The van der Waals surface area contributed by atoms with Gasteiger partial charge in [-0.25, -0.2) is 0 Å². The number of para-hydroxylation sites is 1. The second kappa shape index (κ2) is 8.61. The van der Waals surface area contributed by atoms with Crippen molar-refractivity contribution in [3.63, 3.8) is 0 Å². The highest BCUT2D eigenvalue weighted by molar-refractivity contribution is 5.96. The third-order valence-electron chi connectivity index (χ3n) is 5.85. The summed E-state index contributed by atoms with van der Waals surface area (Å²) >= 11 is 0. The van der Waals surface area contributed by atoms with Crippen LogP contribution in [0.5, 0.6) is 0 Å². The number of anilines is 2. The van der Waals surface area contributed by atoms with Crippen LogP contribution in [0.1, 0.15) is 18.4 Å². The molecule has 1 fully saturated rings. The van der Waals surface area contributed by atoms with Crippen molar-refractivity contribution in [1.29, 1.82) is 0 Å². The second-order valence-electron chi connectivity index (χ2n) is 7.63. The van der Waals surface area contributed by atoms with Gasteiger partial charge >= 0.3 is 0 Å². The molecule has 4 rings (SSSR count). The maximum Gasteiger partial charge on any atom is 0.269 e. The van der Waals surface area contributed by atoms with Gasteiger partial charge in [-0.2, -0.15) is 0 Å². The van der Waals surface area contributed by atoms with Crippen molar-refractivity contribution >= 4 is 23.0 Å². The average molecular weight is 394 g/mol. The van der Waals surface area contributed by atoms with Crippen molar-refractivity contribution in [3.05, 3.63) is 64.2 Å². The molecule has 7 nitrogen and oxygen atoms in total. The number of amides is 1. The molecule has 0 saturated carbocycles. The number of aryl methyl sites for hydroxylation is 1. The first kappa shape index (κ1) is 19.4. The summed E-state index contributed by atoms with van der Waals surface area (Å²) in [6.45, 7) is 5.47. The molecule has 29 heavy (non-hydrogen) atoms. The Bertz CT molecular complexity index is 876. The van der Waals surface area contributed by atoms with Gasteiger partial charge in [0.05, 0.1) is 4.92 Å². The monoisotopic (exact) mass is 394 g/mol. The number of non-ortho nitro benzene ring substituents is 1. The Morgan fingerprint density at radius 1 is 0.897 bits per heavy atom. The van der Waals surface area contributed by atoms with Gasteiger partial charge in [0, 0.05) is 62.7 Å². The standard InChI is InChI=1S/C22H26N4O3/c27-22-11-6-18-4-1-2-5-21(18)25(22)13-3-12-23-14-16-24(17-15-23)19-7-9-20(10-8-19)26(28)29/h1-2,4-5,7-10H,3,6,11-17H2. The van der Waals surface area contributed by atoms with Crippen molar-refractivity contribution in [2.24, 2.45) is 0 Å². The zero-order valence-corrected chi connectivity index (χ0v) is 16.5. The molecule has 1 saturated heterocycles. The van der Waals surface area contributed by atoms with Gasteiger partial charge in [0.1, 0.15) is 0 Å². The highest BCUT2D eigenvalue weighted by Gasteiger charge is 2.24. The number of carbonyl (C=O) groups is 1. The van der Waals surface area contributed by atoms with Crippen LogP contribution in [0.25, 0.3) is 0 Å². The minimum atomic E-state index is -0.368. The molecular formula is C22H26N4O3. The molecule has 2 aliphatic rings. The number of piperazine rings is 1. The zero-order valence-electron chi connectivity index (χ0n) is 16.5. The molecule has 0 spiro atoms. The smallest absolute Gasteiger partial charge is 0.269 e. The molecule has 0 aliphatic carbocycles. The first-order valence-electron chi connectivity index (χ1n) is 10.2. The first-order chi connectivity index (χ1) is 14.1. The molecule has 2 heterocycles. The summed E-state index contributed by atoms with van der Waals surface area (Å²) in [5.74, 6) is 0.228. The Hall–Kier alpha value is -2.93. The first-order valence-corrected chi connectivity index (χ1v) is 10.2. The lowest BCUT2D eigenvalue weighted by atomic mass is 10.0. The number of nitrogens with zero attached hydrogens (tertiary/aromatic N) is 4. The number of fused-ring (bicyclic) bond motifs is 1. The summed E-state index contributed by atoms with van der Waals surface area (Å²) in [6.07, 6.45) is 2.40. The summed E-state index contributed by atoms with van der Waals surface area (Å²) in [6, 6.07) is 15.0. The van der Waals surface area contributed by atoms with Crippen LogP contribution < -0.4 is 9.80 Å². The molecule has 152 valence electrons. The van der Waals surface area contributed by atoms with Gasteiger partial charge in [0.2, 0.25) is 5.91 Å². The second-order valence-corrected chi connectivity index (χ2v) is 7.63. The van der Waals surface area contributed by atoms with Crippen LogP contribution in [0.4, 0.5) is 17.1 Å². The normalized spacial score (nSPS) is 17.3. The van der Waals surface area contributed by atoms with Gasteiger partial charge in [0.25, 0.3) is 5.69 Å². The summed E-state index contributed by atoms with van der Waals surface area (Å²) in [5, 5.41) is 10.8. The molecular weight excluding hydrogens is 368 g/mol. The molecule has 0 radical (unpaired) electrons. The van der Waals surface area contributed by atoms with Gasteiger partial charge in [-0.15, -0.1) is 0 Å². The minimum Gasteiger partial charge on any atom is -0.369 e. The van der Waals surface area contributed by atoms with Crippen LogP contribution in [-0.4, -0.2) is 55.0 Å². The maximum absolute atomic E-state index is 12.4. The van der Waals surface area contributed by atoms with Crippen LogP contribution in [0.2, 0.25) is 0 Å². The van der Waals surface area contributed by atoms with E-state index in [2.05, 4.69) is 21.9 Å². The third-order valence-corrected chi connectivity index (χ3v) is 5.85. The average Bonchev–Trinajstić information content (AvgIpc) is 2.76. The lowest BCUT2D eigenvalue weighted by molar-refractivity contribution is -0.384. The molecule has 2 aromatic rings. The minimum absolute atomic E-state index is 0.126. The highest BCUT2D eigenvalue weighted by Crippen LogP contribution is 2.27. The number of hydrogen-bond donors (Lipinski definition) is 0. The Morgan fingerprint density at radius 2 is 1.62 bits per heavy atom. The molecule has 0 bridgehead atoms. The largest absolute Gasteiger partial charge is 0.369 e. The fraction of sp³-hybridized carbons (Fsp3) is 0.409. The van der Waals surface area contributed by atoms with Gasteiger partial charge < -0.3 is 9.80 Å². The zero-order chi connectivity index (χ0) is 20.2. The summed E-state index contributed by atoms with van der Waals surface area (Å²) in [7, 11) is 0. The molecule has 0 aromatic heterocycles. The van der Waals surface area contributed by atoms with Crippen LogP contribution >= 0.6 is 0 Å². The number of nitro groups is 1.